The number of anilines is 1. The van der Waals surface area contributed by atoms with E-state index in [9.17, 15) is 13.2 Å². The van der Waals surface area contributed by atoms with Gasteiger partial charge >= 0.3 is 6.18 Å². The number of nitrogens with zero attached hydrogens (tertiary/aromatic N) is 3. The predicted octanol–water partition coefficient (Wildman–Crippen LogP) is 7.19. The standard InChI is InChI=1S/C28H25F3N4S/c1-18(2)19-11-13-21(14-12-19)35-26(25(33-27(35)36)23-9-3-4-15-32-23)24-10-6-16-34(24)22-8-5-7-20(17-22)28(29,30)31/h3-18,25-26H,1-2H3,(H,33,36)/t25-,26+/m1/s1. The van der Waals surface area contributed by atoms with Crippen LogP contribution in [0.5, 0.6) is 0 Å². The van der Waals surface area contributed by atoms with Crippen molar-refractivity contribution in [2.75, 3.05) is 4.90 Å². The Hall–Kier alpha value is -3.65. The van der Waals surface area contributed by atoms with Gasteiger partial charge < -0.3 is 14.8 Å². The monoisotopic (exact) mass is 506 g/mol. The molecule has 1 aliphatic heterocycles. The highest BCUT2D eigenvalue weighted by Crippen LogP contribution is 2.42. The third kappa shape index (κ3) is 4.48. The Balaban J connectivity index is 1.64. The molecule has 1 N–H and O–H groups in total. The molecule has 2 atom stereocenters. The van der Waals surface area contributed by atoms with Gasteiger partial charge in [0.2, 0.25) is 0 Å². The zero-order valence-electron chi connectivity index (χ0n) is 19.8. The smallest absolute Gasteiger partial charge is 0.351 e. The lowest BCUT2D eigenvalue weighted by Crippen LogP contribution is -2.30. The van der Waals surface area contributed by atoms with Crippen LogP contribution in [0.15, 0.2) is 91.3 Å². The van der Waals surface area contributed by atoms with Gasteiger partial charge in [0.05, 0.1) is 17.3 Å². The van der Waals surface area contributed by atoms with Gasteiger partial charge in [-0.3, -0.25) is 4.98 Å². The Morgan fingerprint density at radius 2 is 1.69 bits per heavy atom. The Labute approximate surface area is 213 Å². The maximum Gasteiger partial charge on any atom is 0.416 e. The minimum Gasteiger partial charge on any atom is -0.351 e. The summed E-state index contributed by atoms with van der Waals surface area (Å²) in [6, 6.07) is 22.4. The highest BCUT2D eigenvalue weighted by Gasteiger charge is 2.42. The molecular formula is C28H25F3N4S. The minimum absolute atomic E-state index is 0.303. The molecule has 4 nitrogen and oxygen atoms in total. The van der Waals surface area contributed by atoms with Crippen molar-refractivity contribution >= 4 is 23.0 Å². The van der Waals surface area contributed by atoms with Gasteiger partial charge in [0.1, 0.15) is 6.04 Å². The molecule has 0 amide bonds. The fraction of sp³-hybridized carbons (Fsp3) is 0.214. The number of rotatable bonds is 5. The average molecular weight is 507 g/mol. The minimum atomic E-state index is -4.43. The molecular weight excluding hydrogens is 481 g/mol. The summed E-state index contributed by atoms with van der Waals surface area (Å²) in [5, 5.41) is 3.94. The van der Waals surface area contributed by atoms with E-state index < -0.39 is 11.7 Å². The zero-order valence-corrected chi connectivity index (χ0v) is 20.6. The normalized spacial score (nSPS) is 18.1. The van der Waals surface area contributed by atoms with Gasteiger partial charge in [-0.15, -0.1) is 0 Å². The summed E-state index contributed by atoms with van der Waals surface area (Å²) in [5.41, 5.74) is 3.44. The lowest BCUT2D eigenvalue weighted by atomic mass is 9.99. The van der Waals surface area contributed by atoms with Crippen molar-refractivity contribution in [1.29, 1.82) is 0 Å². The molecule has 0 saturated carbocycles. The summed E-state index contributed by atoms with van der Waals surface area (Å²) < 4.78 is 42.2. The highest BCUT2D eigenvalue weighted by molar-refractivity contribution is 7.80. The third-order valence-electron chi connectivity index (χ3n) is 6.47. The van der Waals surface area contributed by atoms with Gasteiger partial charge in [-0.25, -0.2) is 0 Å². The van der Waals surface area contributed by atoms with Crippen LogP contribution in [0.3, 0.4) is 0 Å². The van der Waals surface area contributed by atoms with E-state index >= 15 is 0 Å². The number of benzene rings is 2. The Morgan fingerprint density at radius 3 is 2.36 bits per heavy atom. The molecule has 0 unspecified atom stereocenters. The summed E-state index contributed by atoms with van der Waals surface area (Å²) >= 11 is 5.79. The second-order valence-electron chi connectivity index (χ2n) is 9.09. The van der Waals surface area contributed by atoms with Crippen LogP contribution < -0.4 is 10.2 Å². The van der Waals surface area contributed by atoms with Crippen LogP contribution in [0.2, 0.25) is 0 Å². The first-order chi connectivity index (χ1) is 17.2. The number of thiocarbonyl (C=S) groups is 1. The number of alkyl halides is 3. The molecule has 0 radical (unpaired) electrons. The predicted molar refractivity (Wildman–Crippen MR) is 139 cm³/mol. The number of aromatic nitrogens is 2. The molecule has 184 valence electrons. The first kappa shape index (κ1) is 24.1. The lowest BCUT2D eigenvalue weighted by molar-refractivity contribution is -0.137. The first-order valence-electron chi connectivity index (χ1n) is 11.7. The second kappa shape index (κ2) is 9.43. The summed E-state index contributed by atoms with van der Waals surface area (Å²) in [6.07, 6.45) is -0.925. The van der Waals surface area contributed by atoms with E-state index in [1.807, 2.05) is 47.4 Å². The van der Waals surface area contributed by atoms with E-state index in [1.165, 1.54) is 17.7 Å². The molecule has 4 aromatic rings. The van der Waals surface area contributed by atoms with Crippen LogP contribution in [-0.4, -0.2) is 14.7 Å². The summed E-state index contributed by atoms with van der Waals surface area (Å²) in [4.78, 5) is 6.59. The van der Waals surface area contributed by atoms with Gasteiger partial charge in [-0.05, 0) is 78.3 Å². The fourth-order valence-corrected chi connectivity index (χ4v) is 5.00. The molecule has 2 aromatic heterocycles. The van der Waals surface area contributed by atoms with Crippen LogP contribution in [0.4, 0.5) is 18.9 Å². The Bertz CT molecular complexity index is 1360. The zero-order chi connectivity index (χ0) is 25.4. The number of hydrogen-bond donors (Lipinski definition) is 1. The highest BCUT2D eigenvalue weighted by atomic mass is 32.1. The summed E-state index contributed by atoms with van der Waals surface area (Å²) in [7, 11) is 0. The average Bonchev–Trinajstić information content (AvgIpc) is 3.48. The van der Waals surface area contributed by atoms with Crippen LogP contribution in [0.25, 0.3) is 5.69 Å². The quantitative estimate of drug-likeness (QED) is 0.291. The Morgan fingerprint density at radius 1 is 0.917 bits per heavy atom. The number of pyridine rings is 1. The number of nitrogens with one attached hydrogen (secondary N) is 1. The number of halogens is 3. The molecule has 1 aliphatic rings. The molecule has 5 rings (SSSR count). The first-order valence-corrected chi connectivity index (χ1v) is 12.1. The van der Waals surface area contributed by atoms with Crippen molar-refractivity contribution in [1.82, 2.24) is 14.9 Å². The van der Waals surface area contributed by atoms with Crippen molar-refractivity contribution in [3.05, 3.63) is 114 Å². The molecule has 1 saturated heterocycles. The largest absolute Gasteiger partial charge is 0.416 e. The van der Waals surface area contributed by atoms with Crippen LogP contribution >= 0.6 is 12.2 Å². The van der Waals surface area contributed by atoms with Crippen LogP contribution in [-0.2, 0) is 6.18 Å². The van der Waals surface area contributed by atoms with Crippen molar-refractivity contribution in [3.8, 4) is 5.69 Å². The van der Waals surface area contributed by atoms with Gasteiger partial charge in [-0.1, -0.05) is 38.1 Å². The van der Waals surface area contributed by atoms with Crippen LogP contribution in [0.1, 0.15) is 54.4 Å². The molecule has 0 bridgehead atoms. The molecule has 0 aliphatic carbocycles. The van der Waals surface area contributed by atoms with Gasteiger partial charge in [0.15, 0.2) is 5.11 Å². The van der Waals surface area contributed by atoms with E-state index in [4.69, 9.17) is 12.2 Å². The van der Waals surface area contributed by atoms with Crippen molar-refractivity contribution in [2.24, 2.45) is 0 Å². The topological polar surface area (TPSA) is 33.1 Å². The van der Waals surface area contributed by atoms with E-state index in [-0.39, 0.29) is 12.1 Å². The van der Waals surface area contributed by atoms with Gasteiger partial charge in [0.25, 0.3) is 0 Å². The second-order valence-corrected chi connectivity index (χ2v) is 9.48. The third-order valence-corrected chi connectivity index (χ3v) is 6.79. The number of hydrogen-bond acceptors (Lipinski definition) is 2. The molecule has 36 heavy (non-hydrogen) atoms. The van der Waals surface area contributed by atoms with Gasteiger partial charge in [-0.2, -0.15) is 13.2 Å². The lowest BCUT2D eigenvalue weighted by Gasteiger charge is -2.29. The fourth-order valence-electron chi connectivity index (χ4n) is 4.66. The molecule has 2 aromatic carbocycles. The molecule has 0 spiro atoms. The Kier molecular flexibility index (Phi) is 6.30. The summed E-state index contributed by atoms with van der Waals surface area (Å²) in [5.74, 6) is 0.387. The molecule has 1 fully saturated rings. The molecule has 8 heteroatoms. The maximum atomic E-state index is 13.5. The maximum absolute atomic E-state index is 13.5. The summed E-state index contributed by atoms with van der Waals surface area (Å²) in [6.45, 7) is 4.28. The van der Waals surface area contributed by atoms with Crippen molar-refractivity contribution in [2.45, 2.75) is 38.0 Å². The van der Waals surface area contributed by atoms with Crippen LogP contribution in [0, 0.1) is 0 Å². The van der Waals surface area contributed by atoms with E-state index in [1.54, 1.807) is 23.0 Å². The van der Waals surface area contributed by atoms with E-state index in [2.05, 4.69) is 36.3 Å². The van der Waals surface area contributed by atoms with Crippen molar-refractivity contribution < 1.29 is 13.2 Å². The van der Waals surface area contributed by atoms with Crippen molar-refractivity contribution in [3.63, 3.8) is 0 Å². The van der Waals surface area contributed by atoms with E-state index in [0.717, 1.165) is 23.1 Å². The van der Waals surface area contributed by atoms with E-state index in [0.29, 0.717) is 16.7 Å². The molecule has 3 heterocycles. The SMILES string of the molecule is CC(C)c1ccc(N2C(=S)N[C@H](c3ccccn3)[C@@H]2c2cccn2-c2cccc(C(F)(F)F)c2)cc1. The van der Waals surface area contributed by atoms with Gasteiger partial charge in [0, 0.05) is 29.5 Å².